The zero-order valence-corrected chi connectivity index (χ0v) is 15.7. The summed E-state index contributed by atoms with van der Waals surface area (Å²) in [5, 5.41) is 12.1. The average molecular weight is 375 g/mol. The number of carbonyl (C=O) groups excluding carboxylic acids is 1. The van der Waals surface area contributed by atoms with Crippen molar-refractivity contribution in [3.05, 3.63) is 35.4 Å². The number of aliphatic carboxylic acids is 1. The van der Waals surface area contributed by atoms with Gasteiger partial charge in [0.1, 0.15) is 0 Å². The van der Waals surface area contributed by atoms with E-state index in [0.717, 1.165) is 50.0 Å². The Bertz CT molecular complexity index is 624. The average Bonchev–Trinajstić information content (AvgIpc) is 2.72. The third-order valence-corrected chi connectivity index (χ3v) is 5.54. The standard InChI is InChI=1S/C21H29NO5/c23-20(17-2-1-3-18(12-17)21(24)25)22-13-15-4-6-16(7-5-15)14-27-19-8-10-26-11-9-19/h4-7,17-19H,1-3,8-14H2,(H,22,23)(H,24,25). The van der Waals surface area contributed by atoms with Gasteiger partial charge in [0.2, 0.25) is 5.91 Å². The maximum atomic E-state index is 12.3. The Morgan fingerprint density at radius 2 is 1.70 bits per heavy atom. The van der Waals surface area contributed by atoms with Crippen molar-refractivity contribution in [2.45, 2.75) is 57.8 Å². The second-order valence-corrected chi connectivity index (χ2v) is 7.56. The van der Waals surface area contributed by atoms with Crippen LogP contribution >= 0.6 is 0 Å². The molecule has 27 heavy (non-hydrogen) atoms. The van der Waals surface area contributed by atoms with Crippen molar-refractivity contribution in [2.75, 3.05) is 13.2 Å². The molecule has 2 fully saturated rings. The summed E-state index contributed by atoms with van der Waals surface area (Å²) in [5.41, 5.74) is 2.15. The summed E-state index contributed by atoms with van der Waals surface area (Å²) in [5.74, 6) is -1.39. The largest absolute Gasteiger partial charge is 0.481 e. The van der Waals surface area contributed by atoms with E-state index in [4.69, 9.17) is 14.6 Å². The predicted octanol–water partition coefficient (Wildman–Crippen LogP) is 2.89. The lowest BCUT2D eigenvalue weighted by Crippen LogP contribution is -2.35. The Morgan fingerprint density at radius 3 is 2.41 bits per heavy atom. The number of rotatable bonds is 7. The van der Waals surface area contributed by atoms with Crippen molar-refractivity contribution in [2.24, 2.45) is 11.8 Å². The van der Waals surface area contributed by atoms with Gasteiger partial charge < -0.3 is 19.9 Å². The highest BCUT2D eigenvalue weighted by Gasteiger charge is 2.30. The highest BCUT2D eigenvalue weighted by molar-refractivity contribution is 5.80. The molecule has 6 nitrogen and oxygen atoms in total. The van der Waals surface area contributed by atoms with E-state index < -0.39 is 5.97 Å². The zero-order chi connectivity index (χ0) is 19.1. The van der Waals surface area contributed by atoms with E-state index in [-0.39, 0.29) is 23.8 Å². The summed E-state index contributed by atoms with van der Waals surface area (Å²) in [6.45, 7) is 2.61. The van der Waals surface area contributed by atoms with Crippen molar-refractivity contribution < 1.29 is 24.2 Å². The van der Waals surface area contributed by atoms with Crippen LogP contribution in [-0.2, 0) is 32.2 Å². The van der Waals surface area contributed by atoms with Crippen LogP contribution in [0.1, 0.15) is 49.7 Å². The minimum atomic E-state index is -0.786. The monoisotopic (exact) mass is 375 g/mol. The first-order valence-electron chi connectivity index (χ1n) is 9.89. The molecule has 1 aliphatic heterocycles. The number of hydrogen-bond acceptors (Lipinski definition) is 4. The Balaban J connectivity index is 1.41. The maximum absolute atomic E-state index is 12.3. The molecule has 1 saturated heterocycles. The Morgan fingerprint density at radius 1 is 1.04 bits per heavy atom. The Kier molecular flexibility index (Phi) is 7.24. The van der Waals surface area contributed by atoms with Gasteiger partial charge in [-0.3, -0.25) is 9.59 Å². The van der Waals surface area contributed by atoms with E-state index in [1.807, 2.05) is 24.3 Å². The highest BCUT2D eigenvalue weighted by Crippen LogP contribution is 2.29. The van der Waals surface area contributed by atoms with Crippen molar-refractivity contribution in [3.8, 4) is 0 Å². The van der Waals surface area contributed by atoms with Crippen LogP contribution in [-0.4, -0.2) is 36.3 Å². The van der Waals surface area contributed by atoms with Crippen LogP contribution in [0.4, 0.5) is 0 Å². The zero-order valence-electron chi connectivity index (χ0n) is 15.7. The van der Waals surface area contributed by atoms with E-state index >= 15 is 0 Å². The van der Waals surface area contributed by atoms with Crippen molar-refractivity contribution in [1.82, 2.24) is 5.32 Å². The third-order valence-electron chi connectivity index (χ3n) is 5.54. The first kappa shape index (κ1) is 19.8. The summed E-state index contributed by atoms with van der Waals surface area (Å²) >= 11 is 0. The number of benzene rings is 1. The molecule has 0 radical (unpaired) electrons. The van der Waals surface area contributed by atoms with E-state index in [2.05, 4.69) is 5.32 Å². The Hall–Kier alpha value is -1.92. The fourth-order valence-electron chi connectivity index (χ4n) is 3.80. The summed E-state index contributed by atoms with van der Waals surface area (Å²) < 4.78 is 11.2. The fourth-order valence-corrected chi connectivity index (χ4v) is 3.80. The van der Waals surface area contributed by atoms with Gasteiger partial charge in [0.25, 0.3) is 0 Å². The minimum Gasteiger partial charge on any atom is -0.481 e. The molecule has 2 aliphatic rings. The van der Waals surface area contributed by atoms with Crippen molar-refractivity contribution in [3.63, 3.8) is 0 Å². The molecule has 0 bridgehead atoms. The second kappa shape index (κ2) is 9.85. The molecule has 3 rings (SSSR count). The highest BCUT2D eigenvalue weighted by atomic mass is 16.5. The molecule has 0 aromatic heterocycles. The molecule has 2 atom stereocenters. The van der Waals surface area contributed by atoms with Gasteiger partial charge in [0, 0.05) is 25.7 Å². The van der Waals surface area contributed by atoms with Crippen molar-refractivity contribution in [1.29, 1.82) is 0 Å². The predicted molar refractivity (Wildman–Crippen MR) is 100 cm³/mol. The first-order chi connectivity index (χ1) is 13.1. The SMILES string of the molecule is O=C(O)C1CCCC(C(=O)NCc2ccc(COC3CCOCC3)cc2)C1. The van der Waals surface area contributed by atoms with Crippen LogP contribution in [0.15, 0.2) is 24.3 Å². The van der Waals surface area contributed by atoms with Crippen LogP contribution in [0.5, 0.6) is 0 Å². The van der Waals surface area contributed by atoms with Crippen LogP contribution in [0.25, 0.3) is 0 Å². The van der Waals surface area contributed by atoms with Gasteiger partial charge in [-0.2, -0.15) is 0 Å². The van der Waals surface area contributed by atoms with Crippen LogP contribution < -0.4 is 5.32 Å². The number of nitrogens with one attached hydrogen (secondary N) is 1. The number of hydrogen-bond donors (Lipinski definition) is 2. The summed E-state index contributed by atoms with van der Waals surface area (Å²) in [6, 6.07) is 8.07. The molecule has 1 aromatic rings. The molecule has 6 heteroatoms. The van der Waals surface area contributed by atoms with Crippen LogP contribution in [0, 0.1) is 11.8 Å². The summed E-state index contributed by atoms with van der Waals surface area (Å²) in [7, 11) is 0. The van der Waals surface area contributed by atoms with Gasteiger partial charge in [-0.15, -0.1) is 0 Å². The summed E-state index contributed by atoms with van der Waals surface area (Å²) in [4.78, 5) is 23.5. The topological polar surface area (TPSA) is 84.9 Å². The fraction of sp³-hybridized carbons (Fsp3) is 0.619. The van der Waals surface area contributed by atoms with Crippen LogP contribution in [0.3, 0.4) is 0 Å². The van der Waals surface area contributed by atoms with Crippen LogP contribution in [0.2, 0.25) is 0 Å². The normalized spacial score (nSPS) is 23.7. The molecular weight excluding hydrogens is 346 g/mol. The van der Waals surface area contributed by atoms with Gasteiger partial charge in [-0.05, 0) is 43.2 Å². The lowest BCUT2D eigenvalue weighted by Gasteiger charge is -2.25. The molecule has 2 unspecified atom stereocenters. The Labute approximate surface area is 160 Å². The molecule has 148 valence electrons. The molecule has 1 heterocycles. The van der Waals surface area contributed by atoms with E-state index in [1.165, 1.54) is 0 Å². The number of carboxylic acids is 1. The third kappa shape index (κ3) is 6.04. The number of amides is 1. The van der Waals surface area contributed by atoms with Gasteiger partial charge in [0.15, 0.2) is 0 Å². The number of ether oxygens (including phenoxy) is 2. The maximum Gasteiger partial charge on any atom is 0.306 e. The van der Waals surface area contributed by atoms with Gasteiger partial charge in [-0.1, -0.05) is 30.7 Å². The van der Waals surface area contributed by atoms with Crippen molar-refractivity contribution >= 4 is 11.9 Å². The first-order valence-corrected chi connectivity index (χ1v) is 9.89. The molecule has 1 aromatic carbocycles. The molecule has 0 spiro atoms. The van der Waals surface area contributed by atoms with Gasteiger partial charge in [0.05, 0.1) is 18.6 Å². The smallest absolute Gasteiger partial charge is 0.306 e. The minimum absolute atomic E-state index is 0.0344. The van der Waals surface area contributed by atoms with E-state index in [1.54, 1.807) is 0 Å². The van der Waals surface area contributed by atoms with Gasteiger partial charge >= 0.3 is 5.97 Å². The second-order valence-electron chi connectivity index (χ2n) is 7.56. The lowest BCUT2D eigenvalue weighted by atomic mass is 9.81. The molecular formula is C21H29NO5. The molecule has 1 amide bonds. The molecule has 2 N–H and O–H groups in total. The lowest BCUT2D eigenvalue weighted by molar-refractivity contribution is -0.144. The van der Waals surface area contributed by atoms with E-state index in [9.17, 15) is 9.59 Å². The molecule has 1 aliphatic carbocycles. The quantitative estimate of drug-likeness (QED) is 0.765. The number of carboxylic acid groups (broad SMARTS) is 1. The number of carbonyl (C=O) groups is 2. The summed E-state index contributed by atoms with van der Waals surface area (Å²) in [6.07, 6.45) is 4.89. The van der Waals surface area contributed by atoms with E-state index in [0.29, 0.717) is 26.0 Å². The van der Waals surface area contributed by atoms with Gasteiger partial charge in [-0.25, -0.2) is 0 Å². The molecule has 1 saturated carbocycles.